The lowest BCUT2D eigenvalue weighted by Crippen LogP contribution is -2.26. The number of carbonyl (C=O) groups is 3. The molecule has 0 radical (unpaired) electrons. The molecule has 0 bridgehead atoms. The summed E-state index contributed by atoms with van der Waals surface area (Å²) >= 11 is 0. The minimum absolute atomic E-state index is 0.109. The molecule has 7 heteroatoms. The molecule has 2 amide bonds. The van der Waals surface area contributed by atoms with Crippen molar-refractivity contribution in [2.24, 2.45) is 0 Å². The molecule has 0 fully saturated rings. The summed E-state index contributed by atoms with van der Waals surface area (Å²) in [7, 11) is 1.29. The first-order chi connectivity index (χ1) is 14.5. The molecule has 164 valence electrons. The second kappa shape index (κ2) is 17.7. The molecule has 0 rings (SSSR count). The Morgan fingerprint density at radius 1 is 0.900 bits per heavy atom. The highest BCUT2D eigenvalue weighted by Crippen LogP contribution is 2.09. The van der Waals surface area contributed by atoms with Crippen molar-refractivity contribution in [2.75, 3.05) is 26.8 Å². The number of rotatable bonds is 15. The van der Waals surface area contributed by atoms with Crippen molar-refractivity contribution in [3.63, 3.8) is 0 Å². The SMILES string of the molecule is C=C/C=C(\C=C)CCC(=O)CCCOC(=O)NCC(/C=C/CNC(=O)OC)=C/C=C. The fourth-order valence-corrected chi connectivity index (χ4v) is 2.22. The number of ketones is 1. The first-order valence-corrected chi connectivity index (χ1v) is 9.63. The number of hydrogen-bond acceptors (Lipinski definition) is 5. The molecule has 0 atom stereocenters. The Morgan fingerprint density at radius 2 is 1.60 bits per heavy atom. The van der Waals surface area contributed by atoms with Crippen LogP contribution in [0.3, 0.4) is 0 Å². The van der Waals surface area contributed by atoms with Crippen molar-refractivity contribution in [1.29, 1.82) is 0 Å². The van der Waals surface area contributed by atoms with Crippen LogP contribution in [-0.4, -0.2) is 44.8 Å². The predicted octanol–water partition coefficient (Wildman–Crippen LogP) is 4.17. The molecule has 0 spiro atoms. The fraction of sp³-hybridized carbons (Fsp3) is 0.348. The number of nitrogens with one attached hydrogen (secondary N) is 2. The standard InChI is InChI=1S/C23H32N2O5/c1-5-10-19(7-3)14-15-21(26)13-9-17-30-23(28)25-18-20(11-6-2)12-8-16-24-22(27)29-4/h5-8,10-12H,1-3,9,13-18H2,4H3,(H,24,27)(H,25,28)/b12-8+,19-10+,20-11+. The average molecular weight is 417 g/mol. The first kappa shape index (κ1) is 26.6. The van der Waals surface area contributed by atoms with Crippen LogP contribution in [0.4, 0.5) is 9.59 Å². The van der Waals surface area contributed by atoms with Crippen LogP contribution in [0, 0.1) is 0 Å². The van der Waals surface area contributed by atoms with Gasteiger partial charge in [0.25, 0.3) is 0 Å². The van der Waals surface area contributed by atoms with E-state index < -0.39 is 12.2 Å². The van der Waals surface area contributed by atoms with Crippen molar-refractivity contribution >= 4 is 18.0 Å². The molecule has 0 aromatic carbocycles. The van der Waals surface area contributed by atoms with E-state index in [1.54, 1.807) is 36.5 Å². The lowest BCUT2D eigenvalue weighted by molar-refractivity contribution is -0.119. The van der Waals surface area contributed by atoms with Crippen LogP contribution in [0.1, 0.15) is 25.7 Å². The van der Waals surface area contributed by atoms with Crippen molar-refractivity contribution < 1.29 is 23.9 Å². The zero-order chi connectivity index (χ0) is 22.6. The van der Waals surface area contributed by atoms with Crippen molar-refractivity contribution in [3.05, 3.63) is 73.4 Å². The Balaban J connectivity index is 4.11. The number of Topliss-reactive ketones (excluding diaryl/α,β-unsaturated/α-hetero) is 1. The maximum atomic E-state index is 11.9. The van der Waals surface area contributed by atoms with Crippen LogP contribution in [0.2, 0.25) is 0 Å². The van der Waals surface area contributed by atoms with Gasteiger partial charge in [-0.2, -0.15) is 0 Å². The lowest BCUT2D eigenvalue weighted by atomic mass is 10.1. The summed E-state index contributed by atoms with van der Waals surface area (Å²) in [5.74, 6) is 0.109. The third-order valence-electron chi connectivity index (χ3n) is 3.77. The fourth-order valence-electron chi connectivity index (χ4n) is 2.22. The molecule has 0 aromatic heterocycles. The van der Waals surface area contributed by atoms with Crippen LogP contribution in [0.5, 0.6) is 0 Å². The normalized spacial score (nSPS) is 11.5. The van der Waals surface area contributed by atoms with Gasteiger partial charge in [0.15, 0.2) is 0 Å². The quantitative estimate of drug-likeness (QED) is 0.309. The third kappa shape index (κ3) is 14.7. The highest BCUT2D eigenvalue weighted by Gasteiger charge is 2.06. The molecule has 0 heterocycles. The van der Waals surface area contributed by atoms with Gasteiger partial charge < -0.3 is 20.1 Å². The molecule has 0 aliphatic carbocycles. The summed E-state index contributed by atoms with van der Waals surface area (Å²) in [5, 5.41) is 5.13. The Labute approximate surface area is 178 Å². The van der Waals surface area contributed by atoms with E-state index in [9.17, 15) is 14.4 Å². The summed E-state index contributed by atoms with van der Waals surface area (Å²) in [6.45, 7) is 11.6. The second-order valence-corrected chi connectivity index (χ2v) is 6.07. The highest BCUT2D eigenvalue weighted by molar-refractivity contribution is 5.78. The van der Waals surface area contributed by atoms with Crippen LogP contribution in [0.15, 0.2) is 73.4 Å². The van der Waals surface area contributed by atoms with Gasteiger partial charge in [0.2, 0.25) is 0 Å². The maximum Gasteiger partial charge on any atom is 0.407 e. The number of methoxy groups -OCH3 is 1. The van der Waals surface area contributed by atoms with Gasteiger partial charge in [-0.25, -0.2) is 9.59 Å². The van der Waals surface area contributed by atoms with Crippen LogP contribution in [-0.2, 0) is 14.3 Å². The number of ether oxygens (including phenoxy) is 2. The minimum atomic E-state index is -0.568. The molecular weight excluding hydrogens is 384 g/mol. The molecular formula is C23H32N2O5. The molecule has 0 aromatic rings. The van der Waals surface area contributed by atoms with Gasteiger partial charge in [0.05, 0.1) is 13.7 Å². The summed E-state index contributed by atoms with van der Waals surface area (Å²) in [4.78, 5) is 34.6. The van der Waals surface area contributed by atoms with Crippen molar-refractivity contribution in [3.8, 4) is 0 Å². The zero-order valence-electron chi connectivity index (χ0n) is 17.7. The van der Waals surface area contributed by atoms with E-state index in [4.69, 9.17) is 4.74 Å². The summed E-state index contributed by atoms with van der Waals surface area (Å²) < 4.78 is 9.55. The number of hydrogen-bond donors (Lipinski definition) is 2. The summed E-state index contributed by atoms with van der Waals surface area (Å²) in [5.41, 5.74) is 1.74. The maximum absolute atomic E-state index is 11.9. The van der Waals surface area contributed by atoms with Gasteiger partial charge in [-0.15, -0.1) is 0 Å². The predicted molar refractivity (Wildman–Crippen MR) is 119 cm³/mol. The van der Waals surface area contributed by atoms with Crippen LogP contribution >= 0.6 is 0 Å². The molecule has 0 unspecified atom stereocenters. The van der Waals surface area contributed by atoms with Gasteiger partial charge in [0.1, 0.15) is 5.78 Å². The lowest BCUT2D eigenvalue weighted by Gasteiger charge is -2.08. The van der Waals surface area contributed by atoms with Gasteiger partial charge in [-0.05, 0) is 24.0 Å². The smallest absolute Gasteiger partial charge is 0.407 e. The van der Waals surface area contributed by atoms with Crippen LogP contribution < -0.4 is 10.6 Å². The number of amides is 2. The van der Waals surface area contributed by atoms with Gasteiger partial charge in [-0.1, -0.05) is 62.3 Å². The van der Waals surface area contributed by atoms with E-state index in [0.29, 0.717) is 25.7 Å². The topological polar surface area (TPSA) is 93.7 Å². The minimum Gasteiger partial charge on any atom is -0.453 e. The molecule has 0 aliphatic heterocycles. The van der Waals surface area contributed by atoms with E-state index in [1.807, 2.05) is 6.08 Å². The van der Waals surface area contributed by atoms with Crippen LogP contribution in [0.25, 0.3) is 0 Å². The van der Waals surface area contributed by atoms with E-state index in [1.165, 1.54) is 7.11 Å². The van der Waals surface area contributed by atoms with Gasteiger partial charge >= 0.3 is 12.2 Å². The van der Waals surface area contributed by atoms with Gasteiger partial charge in [0, 0.05) is 25.9 Å². The molecule has 30 heavy (non-hydrogen) atoms. The molecule has 0 saturated carbocycles. The summed E-state index contributed by atoms with van der Waals surface area (Å²) in [6.07, 6.45) is 12.8. The Kier molecular flexibility index (Phi) is 15.7. The van der Waals surface area contributed by atoms with E-state index in [2.05, 4.69) is 35.1 Å². The average Bonchev–Trinajstić information content (AvgIpc) is 2.74. The molecule has 0 aliphatic rings. The Bertz CT molecular complexity index is 690. The Morgan fingerprint density at radius 3 is 2.23 bits per heavy atom. The first-order valence-electron chi connectivity index (χ1n) is 9.63. The highest BCUT2D eigenvalue weighted by atomic mass is 16.5. The largest absolute Gasteiger partial charge is 0.453 e. The number of carbonyl (C=O) groups excluding carboxylic acids is 3. The summed E-state index contributed by atoms with van der Waals surface area (Å²) in [6, 6.07) is 0. The van der Waals surface area contributed by atoms with Crippen molar-refractivity contribution in [2.45, 2.75) is 25.7 Å². The Hall–Kier alpha value is -3.35. The van der Waals surface area contributed by atoms with Gasteiger partial charge in [-0.3, -0.25) is 4.79 Å². The molecule has 7 nitrogen and oxygen atoms in total. The number of alkyl carbamates (subject to hydrolysis) is 2. The third-order valence-corrected chi connectivity index (χ3v) is 3.77. The monoisotopic (exact) mass is 416 g/mol. The molecule has 2 N–H and O–H groups in total. The number of allylic oxidation sites excluding steroid dienone is 6. The van der Waals surface area contributed by atoms with E-state index >= 15 is 0 Å². The van der Waals surface area contributed by atoms with Crippen molar-refractivity contribution in [1.82, 2.24) is 10.6 Å². The zero-order valence-corrected chi connectivity index (χ0v) is 17.7. The second-order valence-electron chi connectivity index (χ2n) is 6.07. The van der Waals surface area contributed by atoms with E-state index in [0.717, 1.165) is 11.1 Å². The molecule has 0 saturated heterocycles. The van der Waals surface area contributed by atoms with E-state index in [-0.39, 0.29) is 25.5 Å².